The molecule has 1 aromatic carbocycles. The van der Waals surface area contributed by atoms with Gasteiger partial charge < -0.3 is 0 Å². The van der Waals surface area contributed by atoms with Crippen molar-refractivity contribution >= 4 is 21.6 Å². The highest BCUT2D eigenvalue weighted by Gasteiger charge is 2.62. The Morgan fingerprint density at radius 2 is 2.00 bits per heavy atom. The van der Waals surface area contributed by atoms with E-state index in [1.807, 2.05) is 0 Å². The first-order valence-corrected chi connectivity index (χ1v) is 6.28. The molecule has 0 atom stereocenters. The van der Waals surface area contributed by atoms with Gasteiger partial charge in [-0.25, -0.2) is 0 Å². The average molecular weight is 339 g/mol. The molecule has 0 aliphatic heterocycles. The monoisotopic (exact) mass is 338 g/mol. The molecule has 1 aromatic rings. The van der Waals surface area contributed by atoms with Gasteiger partial charge in [0, 0.05) is 23.2 Å². The molecule has 0 unspecified atom stereocenters. The molecule has 0 bridgehead atoms. The Kier molecular flexibility index (Phi) is 3.57. The van der Waals surface area contributed by atoms with Crippen molar-refractivity contribution in [2.24, 2.45) is 0 Å². The standard InChI is InChI=1S/C11H10BrF3N2O2/c12-8-3-7(4-9(5-8)17(18)19)6-16-10(1-2-10)11(13,14)15/h3-5,16H,1-2,6H2. The van der Waals surface area contributed by atoms with Crippen molar-refractivity contribution in [1.29, 1.82) is 0 Å². The lowest BCUT2D eigenvalue weighted by atomic mass is 10.1. The van der Waals surface area contributed by atoms with Crippen LogP contribution in [0.15, 0.2) is 22.7 Å². The predicted octanol–water partition coefficient (Wildman–Crippen LogP) is 3.54. The molecule has 8 heteroatoms. The van der Waals surface area contributed by atoms with Gasteiger partial charge in [0.1, 0.15) is 5.54 Å². The molecule has 0 heterocycles. The number of rotatable bonds is 4. The maximum atomic E-state index is 12.7. The third-order valence-corrected chi connectivity index (χ3v) is 3.53. The summed E-state index contributed by atoms with van der Waals surface area (Å²) < 4.78 is 38.6. The van der Waals surface area contributed by atoms with Crippen LogP contribution in [0.2, 0.25) is 0 Å². The van der Waals surface area contributed by atoms with Crippen molar-refractivity contribution in [1.82, 2.24) is 5.32 Å². The molecule has 1 saturated carbocycles. The molecule has 1 aliphatic rings. The number of benzene rings is 1. The second-order valence-corrected chi connectivity index (χ2v) is 5.42. The molecular formula is C11H10BrF3N2O2. The van der Waals surface area contributed by atoms with E-state index in [0.29, 0.717) is 10.0 Å². The summed E-state index contributed by atoms with van der Waals surface area (Å²) >= 11 is 3.10. The quantitative estimate of drug-likeness (QED) is 0.674. The lowest BCUT2D eigenvalue weighted by molar-refractivity contribution is -0.385. The Morgan fingerprint density at radius 1 is 1.37 bits per heavy atom. The van der Waals surface area contributed by atoms with Crippen LogP contribution in [-0.2, 0) is 6.54 Å². The maximum absolute atomic E-state index is 12.7. The highest BCUT2D eigenvalue weighted by molar-refractivity contribution is 9.10. The van der Waals surface area contributed by atoms with Gasteiger partial charge in [0.15, 0.2) is 0 Å². The first-order chi connectivity index (χ1) is 8.73. The summed E-state index contributed by atoms with van der Waals surface area (Å²) in [5.74, 6) is 0. The Bertz CT molecular complexity index is 515. The van der Waals surface area contributed by atoms with Crippen LogP contribution in [0.25, 0.3) is 0 Å². The number of nitro groups is 1. The van der Waals surface area contributed by atoms with Crippen molar-refractivity contribution in [3.8, 4) is 0 Å². The van der Waals surface area contributed by atoms with Crippen molar-refractivity contribution in [2.75, 3.05) is 0 Å². The molecule has 2 rings (SSSR count). The van der Waals surface area contributed by atoms with E-state index < -0.39 is 16.6 Å². The Labute approximate surface area is 115 Å². The van der Waals surface area contributed by atoms with Crippen molar-refractivity contribution in [2.45, 2.75) is 31.1 Å². The molecule has 0 amide bonds. The fourth-order valence-corrected chi connectivity index (χ4v) is 2.33. The summed E-state index contributed by atoms with van der Waals surface area (Å²) in [6.45, 7) is -0.0558. The Morgan fingerprint density at radius 3 is 2.47 bits per heavy atom. The minimum atomic E-state index is -4.29. The van der Waals surface area contributed by atoms with E-state index in [0.717, 1.165) is 0 Å². The van der Waals surface area contributed by atoms with Crippen LogP contribution in [-0.4, -0.2) is 16.6 Å². The number of alkyl halides is 3. The zero-order valence-corrected chi connectivity index (χ0v) is 11.2. The number of nitrogens with zero attached hydrogens (tertiary/aromatic N) is 1. The van der Waals surface area contributed by atoms with E-state index in [1.54, 1.807) is 6.07 Å². The molecular weight excluding hydrogens is 329 g/mol. The molecule has 0 aromatic heterocycles. The van der Waals surface area contributed by atoms with Gasteiger partial charge in [-0.2, -0.15) is 13.2 Å². The largest absolute Gasteiger partial charge is 0.406 e. The molecule has 1 fully saturated rings. The van der Waals surface area contributed by atoms with Crippen LogP contribution in [0.5, 0.6) is 0 Å². The molecule has 104 valence electrons. The van der Waals surface area contributed by atoms with Gasteiger partial charge in [-0.1, -0.05) is 15.9 Å². The minimum absolute atomic E-state index is 0.0482. The maximum Gasteiger partial charge on any atom is 0.406 e. The number of halogens is 4. The number of hydrogen-bond donors (Lipinski definition) is 1. The average Bonchev–Trinajstić information content (AvgIpc) is 3.05. The molecule has 1 N–H and O–H groups in total. The Balaban J connectivity index is 2.10. The van der Waals surface area contributed by atoms with Crippen LogP contribution >= 0.6 is 15.9 Å². The number of non-ortho nitro benzene ring substituents is 1. The third-order valence-electron chi connectivity index (χ3n) is 3.08. The van der Waals surface area contributed by atoms with Gasteiger partial charge in [0.05, 0.1) is 4.92 Å². The third kappa shape index (κ3) is 3.06. The smallest absolute Gasteiger partial charge is 0.299 e. The normalized spacial score (nSPS) is 17.3. The van der Waals surface area contributed by atoms with Crippen LogP contribution in [0.1, 0.15) is 18.4 Å². The van der Waals surface area contributed by atoms with E-state index in [2.05, 4.69) is 21.2 Å². The van der Waals surface area contributed by atoms with E-state index >= 15 is 0 Å². The minimum Gasteiger partial charge on any atom is -0.299 e. The summed E-state index contributed by atoms with van der Waals surface area (Å²) in [5.41, 5.74) is -1.52. The molecule has 4 nitrogen and oxygen atoms in total. The zero-order chi connectivity index (χ0) is 14.3. The summed E-state index contributed by atoms with van der Waals surface area (Å²) in [7, 11) is 0. The zero-order valence-electron chi connectivity index (χ0n) is 9.63. The fourth-order valence-electron chi connectivity index (χ4n) is 1.80. The first-order valence-electron chi connectivity index (χ1n) is 5.49. The van der Waals surface area contributed by atoms with E-state index in [1.165, 1.54) is 12.1 Å². The van der Waals surface area contributed by atoms with Crippen molar-refractivity contribution in [3.63, 3.8) is 0 Å². The summed E-state index contributed by atoms with van der Waals surface area (Å²) in [6.07, 6.45) is -4.19. The lowest BCUT2D eigenvalue weighted by Crippen LogP contribution is -2.44. The van der Waals surface area contributed by atoms with E-state index in [9.17, 15) is 23.3 Å². The van der Waals surface area contributed by atoms with Gasteiger partial charge >= 0.3 is 6.18 Å². The first kappa shape index (κ1) is 14.3. The molecule has 1 aliphatic carbocycles. The second kappa shape index (κ2) is 4.75. The van der Waals surface area contributed by atoms with Gasteiger partial charge in [-0.3, -0.25) is 15.4 Å². The van der Waals surface area contributed by atoms with Crippen LogP contribution in [0.4, 0.5) is 18.9 Å². The van der Waals surface area contributed by atoms with Crippen molar-refractivity contribution in [3.05, 3.63) is 38.3 Å². The molecule has 0 radical (unpaired) electrons. The summed E-state index contributed by atoms with van der Waals surface area (Å²) in [5, 5.41) is 13.1. The van der Waals surface area contributed by atoms with E-state index in [4.69, 9.17) is 0 Å². The molecule has 19 heavy (non-hydrogen) atoms. The highest BCUT2D eigenvalue weighted by atomic mass is 79.9. The van der Waals surface area contributed by atoms with Gasteiger partial charge in [-0.05, 0) is 24.5 Å². The lowest BCUT2D eigenvalue weighted by Gasteiger charge is -2.20. The van der Waals surface area contributed by atoms with Crippen LogP contribution < -0.4 is 5.32 Å². The molecule has 0 saturated heterocycles. The SMILES string of the molecule is O=[N+]([O-])c1cc(Br)cc(CNC2(C(F)(F)F)CC2)c1. The van der Waals surface area contributed by atoms with E-state index in [-0.39, 0.29) is 25.1 Å². The van der Waals surface area contributed by atoms with Gasteiger partial charge in [0.2, 0.25) is 0 Å². The second-order valence-electron chi connectivity index (χ2n) is 4.51. The fraction of sp³-hybridized carbons (Fsp3) is 0.455. The molecule has 0 spiro atoms. The summed E-state index contributed by atoms with van der Waals surface area (Å²) in [6, 6.07) is 4.14. The number of hydrogen-bond acceptors (Lipinski definition) is 3. The van der Waals surface area contributed by atoms with Gasteiger partial charge in [-0.15, -0.1) is 0 Å². The predicted molar refractivity (Wildman–Crippen MR) is 65.7 cm³/mol. The van der Waals surface area contributed by atoms with Crippen molar-refractivity contribution < 1.29 is 18.1 Å². The van der Waals surface area contributed by atoms with Crippen LogP contribution in [0, 0.1) is 10.1 Å². The highest BCUT2D eigenvalue weighted by Crippen LogP contribution is 2.49. The van der Waals surface area contributed by atoms with Gasteiger partial charge in [0.25, 0.3) is 5.69 Å². The number of nitrogens with one attached hydrogen (secondary N) is 1. The topological polar surface area (TPSA) is 55.2 Å². The summed E-state index contributed by atoms with van der Waals surface area (Å²) in [4.78, 5) is 10.1. The number of nitro benzene ring substituents is 1. The Hall–Kier alpha value is -1.15. The van der Waals surface area contributed by atoms with Crippen LogP contribution in [0.3, 0.4) is 0 Å².